The molecule has 4 N–H and O–H groups in total. The Morgan fingerprint density at radius 1 is 1.11 bits per heavy atom. The van der Waals surface area contributed by atoms with E-state index in [0.29, 0.717) is 17.8 Å². The van der Waals surface area contributed by atoms with Crippen LogP contribution in [0.25, 0.3) is 0 Å². The second-order valence-corrected chi connectivity index (χ2v) is 4.30. The number of hydrazine groups is 1. The highest BCUT2D eigenvalue weighted by molar-refractivity contribution is 5.42. The number of nitrogen functional groups attached to an aromatic ring is 1. The molecule has 0 amide bonds. The number of aromatic nitrogens is 3. The van der Waals surface area contributed by atoms with Crippen LogP contribution < -0.4 is 21.5 Å². The molecule has 0 aliphatic heterocycles. The van der Waals surface area contributed by atoms with Crippen LogP contribution in [-0.4, -0.2) is 49.3 Å². The van der Waals surface area contributed by atoms with Crippen LogP contribution >= 0.6 is 0 Å². The summed E-state index contributed by atoms with van der Waals surface area (Å²) in [5.74, 6) is 6.77. The van der Waals surface area contributed by atoms with Crippen molar-refractivity contribution in [3.63, 3.8) is 0 Å². The van der Waals surface area contributed by atoms with E-state index in [1.165, 1.54) is 0 Å². The van der Waals surface area contributed by atoms with Gasteiger partial charge in [-0.25, -0.2) is 5.84 Å². The maximum absolute atomic E-state index is 5.33. The van der Waals surface area contributed by atoms with Gasteiger partial charge in [0.25, 0.3) is 0 Å². The average Bonchev–Trinajstić information content (AvgIpc) is 2.42. The fourth-order valence-electron chi connectivity index (χ4n) is 1.46. The Morgan fingerprint density at radius 3 is 2.47 bits per heavy atom. The molecular formula is C11H23N7O. The third kappa shape index (κ3) is 5.66. The minimum Gasteiger partial charge on any atom is -0.385 e. The third-order valence-electron chi connectivity index (χ3n) is 2.46. The van der Waals surface area contributed by atoms with E-state index in [1.54, 1.807) is 12.0 Å². The molecule has 0 fully saturated rings. The molecule has 1 rings (SSSR count). The van der Waals surface area contributed by atoms with Gasteiger partial charge in [-0.2, -0.15) is 15.0 Å². The summed E-state index contributed by atoms with van der Waals surface area (Å²) in [5, 5.41) is 3.17. The second kappa shape index (κ2) is 8.44. The molecule has 19 heavy (non-hydrogen) atoms. The summed E-state index contributed by atoms with van der Waals surface area (Å²) in [4.78, 5) is 14.4. The van der Waals surface area contributed by atoms with E-state index in [0.717, 1.165) is 32.4 Å². The number of nitrogens with two attached hydrogens (primary N) is 1. The lowest BCUT2D eigenvalue weighted by Gasteiger charge is -2.13. The predicted molar refractivity (Wildman–Crippen MR) is 76.2 cm³/mol. The van der Waals surface area contributed by atoms with Crippen molar-refractivity contribution in [1.29, 1.82) is 0 Å². The van der Waals surface area contributed by atoms with Gasteiger partial charge in [-0.3, -0.25) is 5.43 Å². The number of nitrogens with one attached hydrogen (secondary N) is 2. The SMILES string of the molecule is COCCCCCNc1nc(NN)nc(N(C)C)n1. The average molecular weight is 269 g/mol. The number of unbranched alkanes of at least 4 members (excludes halogenated alkanes) is 2. The summed E-state index contributed by atoms with van der Waals surface area (Å²) in [5.41, 5.74) is 2.44. The summed E-state index contributed by atoms with van der Waals surface area (Å²) in [6, 6.07) is 0. The first-order valence-electron chi connectivity index (χ1n) is 6.30. The summed E-state index contributed by atoms with van der Waals surface area (Å²) in [7, 11) is 5.45. The van der Waals surface area contributed by atoms with Gasteiger partial charge in [0.05, 0.1) is 0 Å². The van der Waals surface area contributed by atoms with Crippen molar-refractivity contribution in [2.75, 3.05) is 50.0 Å². The Kier molecular flexibility index (Phi) is 6.83. The fourth-order valence-corrected chi connectivity index (χ4v) is 1.46. The first-order valence-corrected chi connectivity index (χ1v) is 6.30. The normalized spacial score (nSPS) is 10.3. The number of methoxy groups -OCH3 is 1. The highest BCUT2D eigenvalue weighted by atomic mass is 16.5. The van der Waals surface area contributed by atoms with Crippen LogP contribution in [0.15, 0.2) is 0 Å². The maximum atomic E-state index is 5.33. The van der Waals surface area contributed by atoms with Gasteiger partial charge < -0.3 is 15.0 Å². The molecule has 0 aliphatic carbocycles. The van der Waals surface area contributed by atoms with Gasteiger partial charge in [0, 0.05) is 34.4 Å². The van der Waals surface area contributed by atoms with Crippen molar-refractivity contribution in [2.45, 2.75) is 19.3 Å². The fraction of sp³-hybridized carbons (Fsp3) is 0.727. The molecule has 1 aromatic rings. The smallest absolute Gasteiger partial charge is 0.243 e. The van der Waals surface area contributed by atoms with Crippen LogP contribution in [-0.2, 0) is 4.74 Å². The van der Waals surface area contributed by atoms with Crippen LogP contribution in [0.3, 0.4) is 0 Å². The molecule has 0 saturated carbocycles. The molecule has 0 bridgehead atoms. The second-order valence-electron chi connectivity index (χ2n) is 4.30. The Bertz CT molecular complexity index is 372. The van der Waals surface area contributed by atoms with Crippen molar-refractivity contribution in [2.24, 2.45) is 5.84 Å². The largest absolute Gasteiger partial charge is 0.385 e. The predicted octanol–water partition coefficient (Wildman–Crippen LogP) is 0.452. The molecule has 0 unspecified atom stereocenters. The van der Waals surface area contributed by atoms with E-state index < -0.39 is 0 Å². The van der Waals surface area contributed by atoms with Crippen LogP contribution in [0, 0.1) is 0 Å². The summed E-state index contributed by atoms with van der Waals surface area (Å²) < 4.78 is 5.00. The molecule has 8 heteroatoms. The van der Waals surface area contributed by atoms with Crippen molar-refractivity contribution in [1.82, 2.24) is 15.0 Å². The highest BCUT2D eigenvalue weighted by Crippen LogP contribution is 2.10. The summed E-state index contributed by atoms with van der Waals surface area (Å²) in [6.45, 7) is 1.61. The summed E-state index contributed by atoms with van der Waals surface area (Å²) >= 11 is 0. The molecule has 0 aromatic carbocycles. The third-order valence-corrected chi connectivity index (χ3v) is 2.46. The number of nitrogens with zero attached hydrogens (tertiary/aromatic N) is 4. The van der Waals surface area contributed by atoms with E-state index in [-0.39, 0.29) is 0 Å². The molecular weight excluding hydrogens is 246 g/mol. The monoisotopic (exact) mass is 269 g/mol. The summed E-state index contributed by atoms with van der Waals surface area (Å²) in [6.07, 6.45) is 3.21. The van der Waals surface area contributed by atoms with Gasteiger partial charge >= 0.3 is 0 Å². The minimum atomic E-state index is 0.348. The molecule has 1 heterocycles. The van der Waals surface area contributed by atoms with Gasteiger partial charge in [-0.05, 0) is 19.3 Å². The quantitative estimate of drug-likeness (QED) is 0.337. The zero-order valence-corrected chi connectivity index (χ0v) is 11.8. The van der Waals surface area contributed by atoms with E-state index in [4.69, 9.17) is 10.6 Å². The Hall–Kier alpha value is -1.67. The number of anilines is 3. The van der Waals surface area contributed by atoms with E-state index in [9.17, 15) is 0 Å². The number of hydrogen-bond acceptors (Lipinski definition) is 8. The van der Waals surface area contributed by atoms with Gasteiger partial charge in [-0.15, -0.1) is 0 Å². The van der Waals surface area contributed by atoms with Gasteiger partial charge in [0.1, 0.15) is 0 Å². The van der Waals surface area contributed by atoms with Crippen molar-refractivity contribution >= 4 is 17.8 Å². The molecule has 1 aromatic heterocycles. The Labute approximate surface area is 113 Å². The van der Waals surface area contributed by atoms with Crippen molar-refractivity contribution in [3.05, 3.63) is 0 Å². The molecule has 0 saturated heterocycles. The molecule has 0 atom stereocenters. The zero-order valence-electron chi connectivity index (χ0n) is 11.8. The number of ether oxygens (including phenoxy) is 1. The topological polar surface area (TPSA) is 101 Å². The lowest BCUT2D eigenvalue weighted by molar-refractivity contribution is 0.192. The zero-order chi connectivity index (χ0) is 14.1. The first-order chi connectivity index (χ1) is 9.17. The Morgan fingerprint density at radius 2 is 1.84 bits per heavy atom. The van der Waals surface area contributed by atoms with Gasteiger partial charge in [0.2, 0.25) is 17.8 Å². The van der Waals surface area contributed by atoms with E-state index in [1.807, 2.05) is 14.1 Å². The lowest BCUT2D eigenvalue weighted by Crippen LogP contribution is -2.19. The molecule has 0 aliphatic rings. The first kappa shape index (κ1) is 15.4. The minimum absolute atomic E-state index is 0.348. The van der Waals surface area contributed by atoms with Crippen LogP contribution in [0.5, 0.6) is 0 Å². The van der Waals surface area contributed by atoms with Gasteiger partial charge in [0.15, 0.2) is 0 Å². The van der Waals surface area contributed by atoms with Crippen LogP contribution in [0.1, 0.15) is 19.3 Å². The van der Waals surface area contributed by atoms with Crippen molar-refractivity contribution in [3.8, 4) is 0 Å². The van der Waals surface area contributed by atoms with Crippen molar-refractivity contribution < 1.29 is 4.74 Å². The highest BCUT2D eigenvalue weighted by Gasteiger charge is 2.06. The standard InChI is InChI=1S/C11H23N7O/c1-18(2)11-15-9(14-10(16-11)17-12)13-7-5-4-6-8-19-3/h4-8,12H2,1-3H3,(H2,13,14,15,16,17). The molecule has 0 spiro atoms. The van der Waals surface area contributed by atoms with Crippen LogP contribution in [0.4, 0.5) is 17.8 Å². The Balaban J connectivity index is 2.46. The molecule has 8 nitrogen and oxygen atoms in total. The maximum Gasteiger partial charge on any atom is 0.243 e. The molecule has 108 valence electrons. The lowest BCUT2D eigenvalue weighted by atomic mass is 10.2. The van der Waals surface area contributed by atoms with Crippen LogP contribution in [0.2, 0.25) is 0 Å². The van der Waals surface area contributed by atoms with E-state index >= 15 is 0 Å². The number of rotatable bonds is 9. The van der Waals surface area contributed by atoms with Gasteiger partial charge in [-0.1, -0.05) is 0 Å². The molecule has 0 radical (unpaired) electrons. The number of hydrogen-bond donors (Lipinski definition) is 3. The van der Waals surface area contributed by atoms with E-state index in [2.05, 4.69) is 25.7 Å².